The molecule has 0 saturated heterocycles. The third-order valence-corrected chi connectivity index (χ3v) is 4.70. The van der Waals surface area contributed by atoms with E-state index in [9.17, 15) is 30.7 Å². The zero-order valence-electron chi connectivity index (χ0n) is 10.6. The van der Waals surface area contributed by atoms with Crippen molar-refractivity contribution in [3.63, 3.8) is 0 Å². The van der Waals surface area contributed by atoms with Crippen LogP contribution in [0.4, 0.5) is 30.7 Å². The second-order valence-electron chi connectivity index (χ2n) is 4.63. The van der Waals surface area contributed by atoms with E-state index in [0.717, 1.165) is 0 Å². The lowest BCUT2D eigenvalue weighted by atomic mass is 9.83. The fraction of sp³-hybridized carbons (Fsp3) is 0.636. The molecule has 0 heterocycles. The molecule has 0 aromatic rings. The van der Waals surface area contributed by atoms with Crippen molar-refractivity contribution in [3.8, 4) is 0 Å². The van der Waals surface area contributed by atoms with Gasteiger partial charge < -0.3 is 0 Å². The predicted octanol–water partition coefficient (Wildman–Crippen LogP) is 7.32. The van der Waals surface area contributed by atoms with Crippen LogP contribution in [0.2, 0.25) is 0 Å². The molecule has 0 saturated carbocycles. The molecule has 0 aliphatic heterocycles. The second kappa shape index (κ2) is 6.85. The third kappa shape index (κ3) is 4.71. The quantitative estimate of drug-likeness (QED) is 0.256. The molecular weight excluding hydrogens is 531 g/mol. The highest BCUT2D eigenvalue weighted by molar-refractivity contribution is 9.12. The van der Waals surface area contributed by atoms with E-state index in [2.05, 4.69) is 31.9 Å². The summed E-state index contributed by atoms with van der Waals surface area (Å²) in [5.41, 5.74) is -7.90. The summed E-state index contributed by atoms with van der Waals surface area (Å²) in [6, 6.07) is 0. The SMILES string of the molecule is FC(F)(F)C(F)(C1=CC(Br)CC(Br)=C1CC(Cl)(Cl)Cl)C(F)(F)F. The summed E-state index contributed by atoms with van der Waals surface area (Å²) in [5.74, 6) is 0. The van der Waals surface area contributed by atoms with Crippen LogP contribution < -0.4 is 0 Å². The average molecular weight is 537 g/mol. The minimum absolute atomic E-state index is 0.0224. The van der Waals surface area contributed by atoms with Crippen molar-refractivity contribution in [3.05, 3.63) is 21.7 Å². The molecule has 1 aliphatic rings. The molecule has 134 valence electrons. The largest absolute Gasteiger partial charge is 0.435 e. The molecule has 0 amide bonds. The van der Waals surface area contributed by atoms with Gasteiger partial charge in [-0.3, -0.25) is 0 Å². The Morgan fingerprint density at radius 2 is 1.43 bits per heavy atom. The van der Waals surface area contributed by atoms with E-state index in [1.54, 1.807) is 0 Å². The van der Waals surface area contributed by atoms with Gasteiger partial charge >= 0.3 is 18.0 Å². The molecule has 0 fully saturated rings. The Balaban J connectivity index is 3.60. The fourth-order valence-electron chi connectivity index (χ4n) is 1.96. The van der Waals surface area contributed by atoms with E-state index in [1.165, 1.54) is 0 Å². The van der Waals surface area contributed by atoms with Gasteiger partial charge in [0.2, 0.25) is 0 Å². The Kier molecular flexibility index (Phi) is 6.51. The minimum atomic E-state index is -6.24. The van der Waals surface area contributed by atoms with Gasteiger partial charge in [-0.15, -0.1) is 0 Å². The van der Waals surface area contributed by atoms with Crippen LogP contribution in [-0.2, 0) is 0 Å². The zero-order valence-corrected chi connectivity index (χ0v) is 16.0. The number of allylic oxidation sites excluding steroid dienone is 4. The van der Waals surface area contributed by atoms with Gasteiger partial charge in [-0.05, 0) is 12.0 Å². The van der Waals surface area contributed by atoms with Gasteiger partial charge in [-0.2, -0.15) is 26.3 Å². The van der Waals surface area contributed by atoms with Crippen LogP contribution in [0.5, 0.6) is 0 Å². The fourth-order valence-corrected chi connectivity index (χ4v) is 4.09. The maximum absolute atomic E-state index is 14.3. The molecule has 0 aromatic heterocycles. The van der Waals surface area contributed by atoms with Crippen molar-refractivity contribution in [2.45, 2.75) is 39.5 Å². The Labute approximate surface area is 158 Å². The van der Waals surface area contributed by atoms with Crippen molar-refractivity contribution in [2.75, 3.05) is 0 Å². The molecule has 0 aromatic carbocycles. The van der Waals surface area contributed by atoms with Crippen molar-refractivity contribution in [1.82, 2.24) is 0 Å². The van der Waals surface area contributed by atoms with Gasteiger partial charge in [0.15, 0.2) is 3.79 Å². The van der Waals surface area contributed by atoms with Gasteiger partial charge in [-0.1, -0.05) is 72.7 Å². The minimum Gasteiger partial charge on any atom is -0.218 e. The van der Waals surface area contributed by atoms with E-state index in [-0.39, 0.29) is 10.9 Å². The lowest BCUT2D eigenvalue weighted by Gasteiger charge is -2.36. The van der Waals surface area contributed by atoms with Gasteiger partial charge in [0.05, 0.1) is 0 Å². The number of hydrogen-bond acceptors (Lipinski definition) is 0. The second-order valence-corrected chi connectivity index (χ2v) is 9.28. The molecule has 0 radical (unpaired) electrons. The standard InChI is InChI=1S/C11H6Br2Cl3F7/c12-4-1-6(5(7(13)2-4)3-8(14,15)16)9(17,10(18,19)20)11(21,22)23/h1,4H,2-3H2. The molecule has 0 N–H and O–H groups in total. The summed E-state index contributed by atoms with van der Waals surface area (Å²) in [4.78, 5) is -0.953. The van der Waals surface area contributed by atoms with Crippen molar-refractivity contribution in [1.29, 1.82) is 0 Å². The summed E-state index contributed by atoms with van der Waals surface area (Å²) in [6.07, 6.45) is -12.8. The molecule has 12 heteroatoms. The highest BCUT2D eigenvalue weighted by Gasteiger charge is 2.75. The van der Waals surface area contributed by atoms with Crippen LogP contribution in [0.15, 0.2) is 21.7 Å². The first-order valence-corrected chi connectivity index (χ1v) is 8.48. The first-order chi connectivity index (χ1) is 10.0. The van der Waals surface area contributed by atoms with Gasteiger partial charge in [0, 0.05) is 21.3 Å². The summed E-state index contributed by atoms with van der Waals surface area (Å²) >= 11 is 22.1. The zero-order chi connectivity index (χ0) is 18.4. The van der Waals surface area contributed by atoms with E-state index in [4.69, 9.17) is 34.8 Å². The van der Waals surface area contributed by atoms with E-state index in [0.29, 0.717) is 6.08 Å². The summed E-state index contributed by atoms with van der Waals surface area (Å²) in [5, 5.41) is 0. The molecule has 1 rings (SSSR count). The van der Waals surface area contributed by atoms with Gasteiger partial charge in [-0.25, -0.2) is 4.39 Å². The maximum atomic E-state index is 14.3. The Morgan fingerprint density at radius 1 is 1.00 bits per heavy atom. The van der Waals surface area contributed by atoms with Crippen LogP contribution in [0.25, 0.3) is 0 Å². The van der Waals surface area contributed by atoms with E-state index in [1.807, 2.05) is 0 Å². The highest BCUT2D eigenvalue weighted by Crippen LogP contribution is 2.56. The highest BCUT2D eigenvalue weighted by atomic mass is 79.9. The number of hydrogen-bond donors (Lipinski definition) is 0. The Bertz CT molecular complexity index is 517. The van der Waals surface area contributed by atoms with Crippen LogP contribution >= 0.6 is 66.7 Å². The van der Waals surface area contributed by atoms with Crippen LogP contribution in [0.3, 0.4) is 0 Å². The predicted molar refractivity (Wildman–Crippen MR) is 82.2 cm³/mol. The van der Waals surface area contributed by atoms with Crippen molar-refractivity contribution < 1.29 is 30.7 Å². The lowest BCUT2D eigenvalue weighted by Crippen LogP contribution is -2.55. The molecule has 1 unspecified atom stereocenters. The molecule has 0 spiro atoms. The van der Waals surface area contributed by atoms with Crippen molar-refractivity contribution >= 4 is 66.7 Å². The first kappa shape index (κ1) is 21.9. The molecule has 1 atom stereocenters. The number of rotatable bonds is 2. The maximum Gasteiger partial charge on any atom is 0.435 e. The monoisotopic (exact) mass is 534 g/mol. The van der Waals surface area contributed by atoms with Crippen molar-refractivity contribution in [2.24, 2.45) is 0 Å². The molecule has 1 aliphatic carbocycles. The summed E-state index contributed by atoms with van der Waals surface area (Å²) in [6.45, 7) is 0. The number of alkyl halides is 11. The van der Waals surface area contributed by atoms with E-state index < -0.39 is 44.2 Å². The normalized spacial score (nSPS) is 21.6. The molecular formula is C11H6Br2Cl3F7. The first-order valence-electron chi connectivity index (χ1n) is 5.64. The Hall–Kier alpha value is 0.820. The summed E-state index contributed by atoms with van der Waals surface area (Å²) in [7, 11) is 0. The molecule has 0 nitrogen and oxygen atoms in total. The van der Waals surface area contributed by atoms with Crippen LogP contribution in [-0.4, -0.2) is 26.6 Å². The van der Waals surface area contributed by atoms with E-state index >= 15 is 0 Å². The lowest BCUT2D eigenvalue weighted by molar-refractivity contribution is -0.325. The van der Waals surface area contributed by atoms with Gasteiger partial charge in [0.1, 0.15) is 0 Å². The molecule has 23 heavy (non-hydrogen) atoms. The van der Waals surface area contributed by atoms with Gasteiger partial charge in [0.25, 0.3) is 0 Å². The smallest absolute Gasteiger partial charge is 0.218 e. The van der Waals surface area contributed by atoms with Crippen LogP contribution in [0, 0.1) is 0 Å². The Morgan fingerprint density at radius 3 is 1.78 bits per heavy atom. The number of halogens is 12. The third-order valence-electron chi connectivity index (χ3n) is 2.90. The average Bonchev–Trinajstić information content (AvgIpc) is 2.26. The molecule has 0 bridgehead atoms. The van der Waals surface area contributed by atoms with Crippen LogP contribution in [0.1, 0.15) is 12.8 Å². The summed E-state index contributed by atoms with van der Waals surface area (Å²) < 4.78 is 89.8. The topological polar surface area (TPSA) is 0 Å².